The molecule has 0 fully saturated rings. The van der Waals surface area contributed by atoms with Gasteiger partial charge < -0.3 is 5.73 Å². The Hall–Kier alpha value is -1.47. The summed E-state index contributed by atoms with van der Waals surface area (Å²) in [5, 5.41) is 2.50. The first-order chi connectivity index (χ1) is 5.95. The van der Waals surface area contributed by atoms with Crippen LogP contribution in [0.15, 0.2) is 28.3 Å². The molecule has 1 rings (SSSR count). The average Bonchev–Trinajstić information content (AvgIpc) is 2.03. The van der Waals surface area contributed by atoms with Crippen LogP contribution in [0, 0.1) is 4.91 Å². The summed E-state index contributed by atoms with van der Waals surface area (Å²) in [4.78, 5) is 9.52. The third-order valence-corrected chi connectivity index (χ3v) is 2.29. The van der Waals surface area contributed by atoms with Crippen molar-refractivity contribution in [3.8, 4) is 0 Å². The van der Waals surface area contributed by atoms with Gasteiger partial charge in [0.1, 0.15) is 10.6 Å². The van der Waals surface area contributed by atoms with Gasteiger partial charge in [-0.25, -0.2) is 0 Å². The molecule has 0 saturated heterocycles. The summed E-state index contributed by atoms with van der Waals surface area (Å²) in [7, 11) is -4.39. The van der Waals surface area contributed by atoms with E-state index in [0.29, 0.717) is 0 Å². The topological polar surface area (TPSA) is 110 Å². The Morgan fingerprint density at radius 1 is 1.38 bits per heavy atom. The summed E-state index contributed by atoms with van der Waals surface area (Å²) in [6, 6.07) is 3.33. The number of nitrogens with zero attached hydrogens (tertiary/aromatic N) is 1. The van der Waals surface area contributed by atoms with Gasteiger partial charge in [-0.3, -0.25) is 4.55 Å². The van der Waals surface area contributed by atoms with Gasteiger partial charge in [-0.1, -0.05) is 0 Å². The van der Waals surface area contributed by atoms with E-state index >= 15 is 0 Å². The second-order valence-corrected chi connectivity index (χ2v) is 3.68. The molecule has 0 radical (unpaired) electrons. The number of nitrogen functional groups attached to an aromatic ring is 1. The second kappa shape index (κ2) is 3.11. The molecule has 6 nitrogen and oxygen atoms in total. The lowest BCUT2D eigenvalue weighted by molar-refractivity contribution is 0.483. The third kappa shape index (κ3) is 2.01. The van der Waals surface area contributed by atoms with Crippen molar-refractivity contribution in [3.05, 3.63) is 23.1 Å². The lowest BCUT2D eigenvalue weighted by Gasteiger charge is -2.00. The van der Waals surface area contributed by atoms with Gasteiger partial charge in [-0.15, -0.1) is 4.91 Å². The van der Waals surface area contributed by atoms with E-state index in [1.807, 2.05) is 0 Å². The van der Waals surface area contributed by atoms with Crippen molar-refractivity contribution in [2.24, 2.45) is 5.18 Å². The van der Waals surface area contributed by atoms with Crippen molar-refractivity contribution in [2.45, 2.75) is 4.90 Å². The van der Waals surface area contributed by atoms with Crippen molar-refractivity contribution in [1.29, 1.82) is 0 Å². The Kier molecular flexibility index (Phi) is 2.30. The summed E-state index contributed by atoms with van der Waals surface area (Å²) >= 11 is 0. The number of nitrogens with two attached hydrogens (primary N) is 1. The van der Waals surface area contributed by atoms with E-state index in [1.165, 1.54) is 12.1 Å². The first kappa shape index (κ1) is 9.62. The maximum absolute atomic E-state index is 10.7. The molecular formula is C6H6N2O4S. The van der Waals surface area contributed by atoms with Crippen molar-refractivity contribution in [1.82, 2.24) is 0 Å². The van der Waals surface area contributed by atoms with E-state index in [2.05, 4.69) is 5.18 Å². The molecule has 0 spiro atoms. The van der Waals surface area contributed by atoms with Crippen LogP contribution in [-0.2, 0) is 10.1 Å². The average molecular weight is 202 g/mol. The van der Waals surface area contributed by atoms with Crippen molar-refractivity contribution in [2.75, 3.05) is 5.73 Å². The monoisotopic (exact) mass is 202 g/mol. The minimum atomic E-state index is -4.39. The van der Waals surface area contributed by atoms with E-state index in [1.54, 1.807) is 0 Å². The number of benzene rings is 1. The predicted molar refractivity (Wildman–Crippen MR) is 46.1 cm³/mol. The van der Waals surface area contributed by atoms with Crippen LogP contribution in [0.2, 0.25) is 0 Å². The minimum Gasteiger partial charge on any atom is -0.398 e. The summed E-state index contributed by atoms with van der Waals surface area (Å²) in [6.07, 6.45) is 0. The lowest BCUT2D eigenvalue weighted by Crippen LogP contribution is -2.02. The van der Waals surface area contributed by atoms with Gasteiger partial charge in [0.25, 0.3) is 10.1 Å². The van der Waals surface area contributed by atoms with Crippen LogP contribution in [0.3, 0.4) is 0 Å². The molecule has 0 aliphatic carbocycles. The van der Waals surface area contributed by atoms with Gasteiger partial charge in [-0.2, -0.15) is 8.42 Å². The summed E-state index contributed by atoms with van der Waals surface area (Å²) in [5.74, 6) is 0. The van der Waals surface area contributed by atoms with Crippen LogP contribution in [0.5, 0.6) is 0 Å². The van der Waals surface area contributed by atoms with Gasteiger partial charge in [0, 0.05) is 0 Å². The fourth-order valence-electron chi connectivity index (χ4n) is 0.803. The molecule has 1 aromatic rings. The van der Waals surface area contributed by atoms with Gasteiger partial charge in [0.05, 0.1) is 5.69 Å². The molecule has 70 valence electrons. The van der Waals surface area contributed by atoms with E-state index < -0.39 is 15.0 Å². The maximum Gasteiger partial charge on any atom is 0.296 e. The van der Waals surface area contributed by atoms with Crippen LogP contribution in [0.4, 0.5) is 11.4 Å². The summed E-state index contributed by atoms with van der Waals surface area (Å²) < 4.78 is 29.9. The Morgan fingerprint density at radius 3 is 2.46 bits per heavy atom. The SMILES string of the molecule is Nc1ccc(N=O)cc1S(=O)(=O)O. The van der Waals surface area contributed by atoms with Gasteiger partial charge >= 0.3 is 0 Å². The fraction of sp³-hybridized carbons (Fsp3) is 0. The molecule has 0 saturated carbocycles. The molecule has 0 aliphatic heterocycles. The Bertz CT molecular complexity index is 440. The molecule has 7 heteroatoms. The zero-order valence-corrected chi connectivity index (χ0v) is 7.15. The van der Waals surface area contributed by atoms with Gasteiger partial charge in [0.2, 0.25) is 0 Å². The molecule has 0 amide bonds. The summed E-state index contributed by atoms with van der Waals surface area (Å²) in [5.41, 5.74) is 5.01. The van der Waals surface area contributed by atoms with Crippen LogP contribution in [-0.4, -0.2) is 13.0 Å². The normalized spacial score (nSPS) is 11.2. The number of rotatable bonds is 2. The van der Waals surface area contributed by atoms with E-state index in [-0.39, 0.29) is 11.4 Å². The molecule has 13 heavy (non-hydrogen) atoms. The smallest absolute Gasteiger partial charge is 0.296 e. The Labute approximate surface area is 74.1 Å². The largest absolute Gasteiger partial charge is 0.398 e. The highest BCUT2D eigenvalue weighted by Crippen LogP contribution is 2.23. The highest BCUT2D eigenvalue weighted by molar-refractivity contribution is 7.86. The summed E-state index contributed by atoms with van der Waals surface area (Å²) in [6.45, 7) is 0. The first-order valence-corrected chi connectivity index (χ1v) is 4.59. The van der Waals surface area contributed by atoms with Crippen molar-refractivity contribution >= 4 is 21.5 Å². The molecule has 0 atom stereocenters. The van der Waals surface area contributed by atoms with Crippen molar-refractivity contribution < 1.29 is 13.0 Å². The van der Waals surface area contributed by atoms with Gasteiger partial charge in [-0.05, 0) is 23.4 Å². The molecule has 0 aliphatic rings. The van der Waals surface area contributed by atoms with E-state index in [9.17, 15) is 13.3 Å². The van der Waals surface area contributed by atoms with Gasteiger partial charge in [0.15, 0.2) is 0 Å². The Morgan fingerprint density at radius 2 is 2.00 bits per heavy atom. The highest BCUT2D eigenvalue weighted by atomic mass is 32.2. The molecule has 0 heterocycles. The number of anilines is 1. The fourth-order valence-corrected chi connectivity index (χ4v) is 1.44. The zero-order valence-electron chi connectivity index (χ0n) is 6.34. The van der Waals surface area contributed by atoms with Crippen LogP contribution in [0.25, 0.3) is 0 Å². The number of hydrogen-bond donors (Lipinski definition) is 2. The quantitative estimate of drug-likeness (QED) is 0.420. The van der Waals surface area contributed by atoms with Crippen LogP contribution >= 0.6 is 0 Å². The lowest BCUT2D eigenvalue weighted by atomic mass is 10.3. The molecule has 3 N–H and O–H groups in total. The standard InChI is InChI=1S/C6H6N2O4S/c7-5-2-1-4(8-9)3-6(5)13(10,11)12/h1-3H,7H2,(H,10,11,12). The molecule has 0 unspecified atom stereocenters. The number of nitroso groups, excluding NO2 is 1. The molecular weight excluding hydrogens is 196 g/mol. The molecule has 1 aromatic carbocycles. The minimum absolute atomic E-state index is 0.109. The second-order valence-electron chi connectivity index (χ2n) is 2.29. The third-order valence-electron chi connectivity index (χ3n) is 1.38. The first-order valence-electron chi connectivity index (χ1n) is 3.15. The number of hydrogen-bond acceptors (Lipinski definition) is 5. The van der Waals surface area contributed by atoms with Crippen LogP contribution in [0.1, 0.15) is 0 Å². The van der Waals surface area contributed by atoms with Crippen LogP contribution < -0.4 is 5.73 Å². The van der Waals surface area contributed by atoms with E-state index in [0.717, 1.165) is 6.07 Å². The molecule has 0 bridgehead atoms. The molecule has 0 aromatic heterocycles. The highest BCUT2D eigenvalue weighted by Gasteiger charge is 2.14. The Balaban J connectivity index is 3.44. The maximum atomic E-state index is 10.7. The zero-order chi connectivity index (χ0) is 10.1. The predicted octanol–water partition coefficient (Wildman–Crippen LogP) is 0.913. The van der Waals surface area contributed by atoms with Crippen molar-refractivity contribution in [3.63, 3.8) is 0 Å². The van der Waals surface area contributed by atoms with E-state index in [4.69, 9.17) is 10.3 Å².